The number of rotatable bonds is 4. The van der Waals surface area contributed by atoms with Gasteiger partial charge in [0, 0.05) is 20.5 Å². The number of likely N-dealkylation sites (N-methyl/N-ethyl adjacent to an activating group) is 1. The van der Waals surface area contributed by atoms with E-state index in [9.17, 15) is 14.7 Å². The topological polar surface area (TPSA) is 69.6 Å². The molecule has 0 spiro atoms. The first-order valence-corrected chi connectivity index (χ1v) is 6.02. The van der Waals surface area contributed by atoms with E-state index in [1.165, 1.54) is 23.2 Å². The number of hydrogen-bond acceptors (Lipinski definition) is 4. The van der Waals surface area contributed by atoms with Gasteiger partial charge in [0.15, 0.2) is 0 Å². The van der Waals surface area contributed by atoms with Gasteiger partial charge in [0.25, 0.3) is 5.91 Å². The van der Waals surface area contributed by atoms with Crippen molar-refractivity contribution in [2.75, 3.05) is 18.9 Å². The highest BCUT2D eigenvalue weighted by Crippen LogP contribution is 2.22. The van der Waals surface area contributed by atoms with Gasteiger partial charge in [-0.15, -0.1) is 11.3 Å². The maximum absolute atomic E-state index is 11.9. The minimum absolute atomic E-state index is 0.160. The highest BCUT2D eigenvalue weighted by molar-refractivity contribution is 7.18. The molecule has 1 unspecified atom stereocenters. The molecule has 1 aromatic rings. The van der Waals surface area contributed by atoms with Crippen LogP contribution in [0.25, 0.3) is 0 Å². The molecule has 1 heterocycles. The van der Waals surface area contributed by atoms with Gasteiger partial charge in [-0.2, -0.15) is 0 Å². The Balaban J connectivity index is 2.69. The minimum atomic E-state index is -0.557. The van der Waals surface area contributed by atoms with Crippen molar-refractivity contribution in [3.8, 4) is 0 Å². The fourth-order valence-corrected chi connectivity index (χ4v) is 2.31. The van der Waals surface area contributed by atoms with Crippen LogP contribution in [0.2, 0.25) is 0 Å². The van der Waals surface area contributed by atoms with E-state index < -0.39 is 6.10 Å². The van der Waals surface area contributed by atoms with Crippen molar-refractivity contribution in [3.05, 3.63) is 17.0 Å². The van der Waals surface area contributed by atoms with Gasteiger partial charge in [-0.1, -0.05) is 0 Å². The molecule has 0 aliphatic heterocycles. The number of nitrogens with zero attached hydrogens (tertiary/aromatic N) is 1. The van der Waals surface area contributed by atoms with Gasteiger partial charge in [-0.25, -0.2) is 0 Å². The van der Waals surface area contributed by atoms with Crippen molar-refractivity contribution in [3.63, 3.8) is 0 Å². The van der Waals surface area contributed by atoms with E-state index in [1.54, 1.807) is 26.1 Å². The Morgan fingerprint density at radius 2 is 2.18 bits per heavy atom. The molecule has 0 aromatic carbocycles. The molecule has 0 radical (unpaired) electrons. The summed E-state index contributed by atoms with van der Waals surface area (Å²) in [6, 6.07) is 3.35. The lowest BCUT2D eigenvalue weighted by Gasteiger charge is -2.17. The van der Waals surface area contributed by atoms with Gasteiger partial charge in [-0.05, 0) is 19.1 Å². The molecule has 94 valence electrons. The van der Waals surface area contributed by atoms with E-state index in [0.29, 0.717) is 9.88 Å². The third-order valence-corrected chi connectivity index (χ3v) is 2.99. The summed E-state index contributed by atoms with van der Waals surface area (Å²) in [5.41, 5.74) is 0. The van der Waals surface area contributed by atoms with Crippen LogP contribution in [0.3, 0.4) is 0 Å². The maximum Gasteiger partial charge on any atom is 0.263 e. The summed E-state index contributed by atoms with van der Waals surface area (Å²) in [6.07, 6.45) is -0.557. The van der Waals surface area contributed by atoms with Crippen LogP contribution in [0.15, 0.2) is 12.1 Å². The smallest absolute Gasteiger partial charge is 0.263 e. The molecule has 6 heteroatoms. The zero-order valence-corrected chi connectivity index (χ0v) is 10.9. The number of hydrogen-bond donors (Lipinski definition) is 2. The second kappa shape index (κ2) is 5.79. The van der Waals surface area contributed by atoms with E-state index in [2.05, 4.69) is 5.32 Å². The van der Waals surface area contributed by atoms with E-state index in [-0.39, 0.29) is 18.4 Å². The Morgan fingerprint density at radius 3 is 2.71 bits per heavy atom. The molecule has 0 saturated carbocycles. The van der Waals surface area contributed by atoms with Crippen LogP contribution in [0.4, 0.5) is 5.00 Å². The Kier molecular flexibility index (Phi) is 4.65. The molecule has 0 fully saturated rings. The second-order valence-electron chi connectivity index (χ2n) is 3.88. The molecule has 0 bridgehead atoms. The summed E-state index contributed by atoms with van der Waals surface area (Å²) in [5.74, 6) is -0.323. The summed E-state index contributed by atoms with van der Waals surface area (Å²) in [6.45, 7) is 3.33. The Morgan fingerprint density at radius 1 is 1.53 bits per heavy atom. The Bertz CT molecular complexity index is 415. The molecular weight excluding hydrogens is 240 g/mol. The maximum atomic E-state index is 11.9. The van der Waals surface area contributed by atoms with E-state index in [1.807, 2.05) is 0 Å². The SMILES string of the molecule is CC(=O)Nc1ccc(C(=O)N(C)CC(C)O)s1. The number of carbonyl (C=O) groups is 2. The Hall–Kier alpha value is -1.40. The molecule has 17 heavy (non-hydrogen) atoms. The number of anilines is 1. The summed E-state index contributed by atoms with van der Waals surface area (Å²) < 4.78 is 0. The quantitative estimate of drug-likeness (QED) is 0.849. The predicted molar refractivity (Wildman–Crippen MR) is 67.3 cm³/mol. The van der Waals surface area contributed by atoms with Gasteiger partial charge >= 0.3 is 0 Å². The van der Waals surface area contributed by atoms with Crippen LogP contribution in [-0.2, 0) is 4.79 Å². The first kappa shape index (κ1) is 13.7. The van der Waals surface area contributed by atoms with Crippen molar-refractivity contribution < 1.29 is 14.7 Å². The van der Waals surface area contributed by atoms with Crippen LogP contribution in [0.1, 0.15) is 23.5 Å². The normalized spacial score (nSPS) is 12.0. The minimum Gasteiger partial charge on any atom is -0.392 e. The van der Waals surface area contributed by atoms with Gasteiger partial charge in [0.1, 0.15) is 0 Å². The molecule has 5 nitrogen and oxygen atoms in total. The lowest BCUT2D eigenvalue weighted by molar-refractivity contribution is -0.114. The van der Waals surface area contributed by atoms with Crippen LogP contribution < -0.4 is 5.32 Å². The van der Waals surface area contributed by atoms with Gasteiger partial charge in [0.05, 0.1) is 16.0 Å². The fraction of sp³-hybridized carbons (Fsp3) is 0.455. The summed E-state index contributed by atoms with van der Waals surface area (Å²) in [7, 11) is 1.63. The number of aliphatic hydroxyl groups excluding tert-OH is 1. The first-order chi connectivity index (χ1) is 7.90. The summed E-state index contributed by atoms with van der Waals surface area (Å²) >= 11 is 1.22. The first-order valence-electron chi connectivity index (χ1n) is 5.21. The zero-order valence-electron chi connectivity index (χ0n) is 10.1. The molecule has 2 amide bonds. The molecule has 0 aliphatic rings. The molecule has 0 saturated heterocycles. The van der Waals surface area contributed by atoms with Crippen molar-refractivity contribution in [2.24, 2.45) is 0 Å². The third-order valence-electron chi connectivity index (χ3n) is 2.00. The highest BCUT2D eigenvalue weighted by Gasteiger charge is 2.15. The standard InChI is InChI=1S/C11H16N2O3S/c1-7(14)6-13(3)11(16)9-4-5-10(17-9)12-8(2)15/h4-5,7,14H,6H2,1-3H3,(H,12,15). The number of carbonyl (C=O) groups excluding carboxylic acids is 2. The monoisotopic (exact) mass is 256 g/mol. The molecular formula is C11H16N2O3S. The largest absolute Gasteiger partial charge is 0.392 e. The van der Waals surface area contributed by atoms with Crippen LogP contribution in [0, 0.1) is 0 Å². The van der Waals surface area contributed by atoms with Gasteiger partial charge < -0.3 is 15.3 Å². The average molecular weight is 256 g/mol. The van der Waals surface area contributed by atoms with Gasteiger partial charge in [-0.3, -0.25) is 9.59 Å². The molecule has 0 aliphatic carbocycles. The van der Waals surface area contributed by atoms with E-state index >= 15 is 0 Å². The summed E-state index contributed by atoms with van der Waals surface area (Å²) in [4.78, 5) is 24.7. The van der Waals surface area contributed by atoms with Gasteiger partial charge in [0.2, 0.25) is 5.91 Å². The number of thiophene rings is 1. The Labute approximate surface area is 104 Å². The number of nitrogens with one attached hydrogen (secondary N) is 1. The lowest BCUT2D eigenvalue weighted by atomic mass is 10.3. The zero-order chi connectivity index (χ0) is 13.0. The fourth-order valence-electron chi connectivity index (χ4n) is 1.36. The molecule has 1 aromatic heterocycles. The lowest BCUT2D eigenvalue weighted by Crippen LogP contribution is -2.32. The number of aliphatic hydroxyl groups is 1. The van der Waals surface area contributed by atoms with E-state index in [0.717, 1.165) is 0 Å². The third kappa shape index (κ3) is 4.16. The summed E-state index contributed by atoms with van der Waals surface area (Å²) in [5, 5.41) is 12.5. The number of amides is 2. The average Bonchev–Trinajstić information content (AvgIpc) is 2.62. The molecule has 1 rings (SSSR count). The highest BCUT2D eigenvalue weighted by atomic mass is 32.1. The second-order valence-corrected chi connectivity index (χ2v) is 4.96. The van der Waals surface area contributed by atoms with Crippen molar-refractivity contribution in [1.82, 2.24) is 4.90 Å². The van der Waals surface area contributed by atoms with Crippen molar-refractivity contribution in [2.45, 2.75) is 20.0 Å². The molecule has 1 atom stereocenters. The predicted octanol–water partition coefficient (Wildman–Crippen LogP) is 1.16. The van der Waals surface area contributed by atoms with Crippen LogP contribution in [0.5, 0.6) is 0 Å². The molecule has 2 N–H and O–H groups in total. The van der Waals surface area contributed by atoms with Crippen LogP contribution >= 0.6 is 11.3 Å². The van der Waals surface area contributed by atoms with Crippen molar-refractivity contribution >= 4 is 28.2 Å². The van der Waals surface area contributed by atoms with E-state index in [4.69, 9.17) is 0 Å². The van der Waals surface area contributed by atoms with Crippen LogP contribution in [-0.4, -0.2) is 41.5 Å². The van der Waals surface area contributed by atoms with Crippen molar-refractivity contribution in [1.29, 1.82) is 0 Å².